The molecular formula is C26H26ClN3O. The van der Waals surface area contributed by atoms with Gasteiger partial charge < -0.3 is 14.7 Å². The number of nitrogens with zero attached hydrogens (tertiary/aromatic N) is 1. The maximum absolute atomic E-state index is 5.91. The second-order valence-electron chi connectivity index (χ2n) is 7.83. The summed E-state index contributed by atoms with van der Waals surface area (Å²) in [5, 5.41) is 0. The molecule has 0 spiro atoms. The first-order chi connectivity index (χ1) is 14.8. The van der Waals surface area contributed by atoms with Crippen molar-refractivity contribution in [3.63, 3.8) is 0 Å². The molecule has 1 aliphatic carbocycles. The van der Waals surface area contributed by atoms with Crippen molar-refractivity contribution in [1.82, 2.24) is 9.97 Å². The predicted octanol–water partition coefficient (Wildman–Crippen LogP) is 7.16. The molecule has 0 atom stereocenters. The predicted molar refractivity (Wildman–Crippen MR) is 129 cm³/mol. The van der Waals surface area contributed by atoms with Crippen LogP contribution in [0, 0.1) is 6.92 Å². The standard InChI is InChI=1S/C26H25N3O.ClH/c1-18-8-12-20(13-9-18)30-21-14-10-19(11-15-21)28-17-25-22-5-2-3-6-23(22)26(29-25)24-7-4-16-27-24;/h4,7-17,27,29H,2-3,5-6H2,1H3;1H. The maximum Gasteiger partial charge on any atom is 0.127 e. The molecule has 2 aromatic heterocycles. The molecule has 0 unspecified atom stereocenters. The summed E-state index contributed by atoms with van der Waals surface area (Å²) < 4.78 is 5.91. The Labute approximate surface area is 188 Å². The molecule has 0 saturated heterocycles. The third-order valence-corrected chi connectivity index (χ3v) is 5.66. The van der Waals surface area contributed by atoms with Gasteiger partial charge in [-0.15, -0.1) is 12.4 Å². The highest BCUT2D eigenvalue weighted by atomic mass is 35.5. The van der Waals surface area contributed by atoms with E-state index in [0.29, 0.717) is 0 Å². The van der Waals surface area contributed by atoms with Crippen LogP contribution in [0.2, 0.25) is 0 Å². The summed E-state index contributed by atoms with van der Waals surface area (Å²) in [5.74, 6) is 1.65. The van der Waals surface area contributed by atoms with E-state index >= 15 is 0 Å². The van der Waals surface area contributed by atoms with E-state index in [0.717, 1.165) is 41.4 Å². The number of nitrogens with one attached hydrogen (secondary N) is 2. The fourth-order valence-electron chi connectivity index (χ4n) is 4.07. The summed E-state index contributed by atoms with van der Waals surface area (Å²) in [4.78, 5) is 11.7. The van der Waals surface area contributed by atoms with Gasteiger partial charge in [0.2, 0.25) is 0 Å². The van der Waals surface area contributed by atoms with Crippen LogP contribution in [-0.2, 0) is 12.8 Å². The van der Waals surface area contributed by atoms with E-state index in [2.05, 4.69) is 23.0 Å². The van der Waals surface area contributed by atoms with Crippen molar-refractivity contribution in [3.8, 4) is 22.9 Å². The Morgan fingerprint density at radius 3 is 2.23 bits per heavy atom. The monoisotopic (exact) mass is 431 g/mol. The Hall–Kier alpha value is -3.24. The lowest BCUT2D eigenvalue weighted by molar-refractivity contribution is 0.482. The minimum atomic E-state index is 0. The number of aryl methyl sites for hydroxylation is 1. The molecule has 0 amide bonds. The van der Waals surface area contributed by atoms with Gasteiger partial charge >= 0.3 is 0 Å². The Bertz CT molecular complexity index is 1160. The lowest BCUT2D eigenvalue weighted by atomic mass is 9.91. The van der Waals surface area contributed by atoms with Gasteiger partial charge in [-0.05, 0) is 92.3 Å². The molecular weight excluding hydrogens is 406 g/mol. The molecule has 2 aromatic carbocycles. The highest BCUT2D eigenvalue weighted by molar-refractivity contribution is 5.86. The number of aromatic nitrogens is 2. The molecule has 0 radical (unpaired) electrons. The molecule has 5 rings (SSSR count). The van der Waals surface area contributed by atoms with Gasteiger partial charge in [0.05, 0.1) is 29.0 Å². The van der Waals surface area contributed by atoms with Gasteiger partial charge in [-0.2, -0.15) is 0 Å². The van der Waals surface area contributed by atoms with Gasteiger partial charge in [0, 0.05) is 6.20 Å². The van der Waals surface area contributed by atoms with Gasteiger partial charge in [0.25, 0.3) is 0 Å². The van der Waals surface area contributed by atoms with E-state index in [1.165, 1.54) is 35.2 Å². The number of hydrogen-bond donors (Lipinski definition) is 2. The zero-order valence-electron chi connectivity index (χ0n) is 17.5. The van der Waals surface area contributed by atoms with Crippen molar-refractivity contribution < 1.29 is 4.74 Å². The molecule has 0 saturated carbocycles. The third-order valence-electron chi connectivity index (χ3n) is 5.66. The molecule has 5 heteroatoms. The van der Waals surface area contributed by atoms with E-state index in [-0.39, 0.29) is 12.4 Å². The zero-order chi connectivity index (χ0) is 20.3. The van der Waals surface area contributed by atoms with Crippen LogP contribution in [0.15, 0.2) is 71.9 Å². The Kier molecular flexibility index (Phi) is 6.28. The molecule has 0 fully saturated rings. The number of fused-ring (bicyclic) bond motifs is 1. The van der Waals surface area contributed by atoms with Crippen LogP contribution in [-0.4, -0.2) is 16.2 Å². The van der Waals surface area contributed by atoms with E-state index in [1.54, 1.807) is 0 Å². The number of aromatic amines is 2. The average molecular weight is 432 g/mol. The van der Waals surface area contributed by atoms with E-state index < -0.39 is 0 Å². The number of benzene rings is 2. The highest BCUT2D eigenvalue weighted by Crippen LogP contribution is 2.33. The van der Waals surface area contributed by atoms with Gasteiger partial charge in [0.1, 0.15) is 11.5 Å². The summed E-state index contributed by atoms with van der Waals surface area (Å²) in [6, 6.07) is 20.1. The van der Waals surface area contributed by atoms with E-state index in [1.807, 2.05) is 67.0 Å². The SMILES string of the molecule is Cc1ccc(Oc2ccc(N=Cc3[nH]c(-c4ccc[nH]4)c4c3CCCC4)cc2)cc1.Cl. The molecule has 1 aliphatic rings. The first-order valence-electron chi connectivity index (χ1n) is 10.5. The van der Waals surface area contributed by atoms with Crippen molar-refractivity contribution in [1.29, 1.82) is 0 Å². The fourth-order valence-corrected chi connectivity index (χ4v) is 4.07. The number of halogens is 1. The van der Waals surface area contributed by atoms with Gasteiger partial charge in [-0.25, -0.2) is 0 Å². The molecule has 4 nitrogen and oxygen atoms in total. The molecule has 31 heavy (non-hydrogen) atoms. The Morgan fingerprint density at radius 1 is 0.871 bits per heavy atom. The summed E-state index contributed by atoms with van der Waals surface area (Å²) in [6.45, 7) is 2.07. The second-order valence-corrected chi connectivity index (χ2v) is 7.83. The van der Waals surface area contributed by atoms with Crippen LogP contribution in [0.1, 0.15) is 35.2 Å². The number of ether oxygens (including phenoxy) is 1. The topological polar surface area (TPSA) is 53.2 Å². The minimum absolute atomic E-state index is 0. The molecule has 2 N–H and O–H groups in total. The summed E-state index contributed by atoms with van der Waals surface area (Å²) in [7, 11) is 0. The molecule has 0 bridgehead atoms. The summed E-state index contributed by atoms with van der Waals surface area (Å²) in [6.07, 6.45) is 8.65. The van der Waals surface area contributed by atoms with Gasteiger partial charge in [-0.3, -0.25) is 4.99 Å². The van der Waals surface area contributed by atoms with Crippen molar-refractivity contribution in [2.24, 2.45) is 4.99 Å². The van der Waals surface area contributed by atoms with Crippen molar-refractivity contribution in [3.05, 3.63) is 89.2 Å². The Morgan fingerprint density at radius 2 is 1.55 bits per heavy atom. The van der Waals surface area contributed by atoms with Crippen molar-refractivity contribution in [2.75, 3.05) is 0 Å². The van der Waals surface area contributed by atoms with Crippen LogP contribution >= 0.6 is 12.4 Å². The second kappa shape index (κ2) is 9.27. The zero-order valence-corrected chi connectivity index (χ0v) is 18.3. The minimum Gasteiger partial charge on any atom is -0.457 e. The van der Waals surface area contributed by atoms with Crippen LogP contribution in [0.25, 0.3) is 11.4 Å². The number of rotatable bonds is 5. The van der Waals surface area contributed by atoms with Crippen molar-refractivity contribution >= 4 is 24.3 Å². The lowest BCUT2D eigenvalue weighted by Gasteiger charge is -2.12. The van der Waals surface area contributed by atoms with Crippen LogP contribution in [0.4, 0.5) is 5.69 Å². The van der Waals surface area contributed by atoms with Crippen molar-refractivity contribution in [2.45, 2.75) is 32.6 Å². The summed E-state index contributed by atoms with van der Waals surface area (Å²) in [5.41, 5.74) is 8.45. The van der Waals surface area contributed by atoms with Gasteiger partial charge in [0.15, 0.2) is 0 Å². The fraction of sp³-hybridized carbons (Fsp3) is 0.192. The molecule has 158 valence electrons. The van der Waals surface area contributed by atoms with Crippen LogP contribution < -0.4 is 4.74 Å². The smallest absolute Gasteiger partial charge is 0.127 e. The quantitative estimate of drug-likeness (QED) is 0.323. The number of aliphatic imine (C=N–C) groups is 1. The third kappa shape index (κ3) is 4.59. The summed E-state index contributed by atoms with van der Waals surface area (Å²) >= 11 is 0. The maximum atomic E-state index is 5.91. The highest BCUT2D eigenvalue weighted by Gasteiger charge is 2.20. The first-order valence-corrected chi connectivity index (χ1v) is 10.5. The largest absolute Gasteiger partial charge is 0.457 e. The number of hydrogen-bond acceptors (Lipinski definition) is 2. The molecule has 4 aromatic rings. The van der Waals surface area contributed by atoms with Crippen LogP contribution in [0.3, 0.4) is 0 Å². The van der Waals surface area contributed by atoms with Gasteiger partial charge in [-0.1, -0.05) is 17.7 Å². The molecule has 0 aliphatic heterocycles. The first kappa shape index (κ1) is 21.0. The normalized spacial score (nSPS) is 13.1. The van der Waals surface area contributed by atoms with E-state index in [4.69, 9.17) is 9.73 Å². The average Bonchev–Trinajstić information content (AvgIpc) is 3.43. The number of H-pyrrole nitrogens is 2. The molecule has 2 heterocycles. The Balaban J connectivity index is 0.00000231. The van der Waals surface area contributed by atoms with E-state index in [9.17, 15) is 0 Å². The van der Waals surface area contributed by atoms with Crippen LogP contribution in [0.5, 0.6) is 11.5 Å². The lowest BCUT2D eigenvalue weighted by Crippen LogP contribution is -2.02.